The monoisotopic (exact) mass is 274 g/mol. The third kappa shape index (κ3) is 2.88. The molecule has 0 aliphatic rings. The summed E-state index contributed by atoms with van der Waals surface area (Å²) in [6.45, 7) is 0.190. The Bertz CT molecular complexity index is 644. The van der Waals surface area contributed by atoms with E-state index in [2.05, 4.69) is 0 Å². The Hall–Kier alpha value is -2.56. The van der Waals surface area contributed by atoms with Crippen molar-refractivity contribution in [2.75, 3.05) is 12.8 Å². The van der Waals surface area contributed by atoms with Crippen LogP contribution in [0, 0.1) is 5.82 Å². The van der Waals surface area contributed by atoms with Crippen molar-refractivity contribution in [3.05, 3.63) is 59.4 Å². The molecule has 2 aromatic carbocycles. The highest BCUT2D eigenvalue weighted by Gasteiger charge is 2.17. The van der Waals surface area contributed by atoms with Gasteiger partial charge in [-0.05, 0) is 24.3 Å². The van der Waals surface area contributed by atoms with Gasteiger partial charge in [-0.2, -0.15) is 0 Å². The Morgan fingerprint density at radius 3 is 2.65 bits per heavy atom. The Balaban J connectivity index is 2.19. The fraction of sp³-hybridized carbons (Fsp3) is 0.133. The number of carbonyl (C=O) groups excluding carboxylic acids is 1. The summed E-state index contributed by atoms with van der Waals surface area (Å²) < 4.78 is 13.7. The molecule has 0 saturated heterocycles. The van der Waals surface area contributed by atoms with Gasteiger partial charge in [-0.3, -0.25) is 4.79 Å². The van der Waals surface area contributed by atoms with Gasteiger partial charge < -0.3 is 15.7 Å². The molecule has 0 bridgehead atoms. The average molecular weight is 274 g/mol. The van der Waals surface area contributed by atoms with Gasteiger partial charge in [0.2, 0.25) is 0 Å². The number of phenolic OH excluding ortho intramolecular Hbond substituents is 1. The van der Waals surface area contributed by atoms with Crippen molar-refractivity contribution < 1.29 is 14.3 Å². The van der Waals surface area contributed by atoms with Crippen LogP contribution in [0.3, 0.4) is 0 Å². The van der Waals surface area contributed by atoms with E-state index >= 15 is 0 Å². The zero-order valence-corrected chi connectivity index (χ0v) is 11.0. The molecule has 0 spiro atoms. The van der Waals surface area contributed by atoms with Gasteiger partial charge in [0.25, 0.3) is 5.91 Å². The number of phenols is 1. The summed E-state index contributed by atoms with van der Waals surface area (Å²) >= 11 is 0. The number of halogens is 1. The molecule has 3 N–H and O–H groups in total. The second kappa shape index (κ2) is 5.61. The summed E-state index contributed by atoms with van der Waals surface area (Å²) in [5, 5.41) is 9.67. The minimum Gasteiger partial charge on any atom is -0.508 e. The molecule has 5 heteroatoms. The Labute approximate surface area is 116 Å². The van der Waals surface area contributed by atoms with E-state index in [-0.39, 0.29) is 23.5 Å². The molecule has 0 radical (unpaired) electrons. The molecule has 4 nitrogen and oxygen atoms in total. The van der Waals surface area contributed by atoms with Crippen LogP contribution in [-0.2, 0) is 6.54 Å². The summed E-state index contributed by atoms with van der Waals surface area (Å²) in [5.41, 5.74) is 6.27. The smallest absolute Gasteiger partial charge is 0.256 e. The first-order valence-corrected chi connectivity index (χ1v) is 6.06. The van der Waals surface area contributed by atoms with Crippen LogP contribution in [0.4, 0.5) is 10.1 Å². The molecule has 0 atom stereocenters. The number of nitrogen functional groups attached to an aromatic ring is 1. The van der Waals surface area contributed by atoms with Gasteiger partial charge in [0.05, 0.1) is 5.56 Å². The molecule has 0 unspecified atom stereocenters. The topological polar surface area (TPSA) is 66.6 Å². The third-order valence-corrected chi connectivity index (χ3v) is 2.97. The Morgan fingerprint density at radius 2 is 2.00 bits per heavy atom. The summed E-state index contributed by atoms with van der Waals surface area (Å²) in [6.07, 6.45) is 0. The zero-order valence-electron chi connectivity index (χ0n) is 11.0. The summed E-state index contributed by atoms with van der Waals surface area (Å²) in [5.74, 6) is -1.02. The number of carbonyl (C=O) groups is 1. The number of rotatable bonds is 3. The van der Waals surface area contributed by atoms with Gasteiger partial charge in [0.15, 0.2) is 0 Å². The van der Waals surface area contributed by atoms with Crippen molar-refractivity contribution in [1.29, 1.82) is 0 Å². The largest absolute Gasteiger partial charge is 0.508 e. The van der Waals surface area contributed by atoms with E-state index in [1.807, 2.05) is 0 Å². The number of hydrogen-bond acceptors (Lipinski definition) is 3. The van der Waals surface area contributed by atoms with Gasteiger partial charge in [0.1, 0.15) is 11.6 Å². The normalized spacial score (nSPS) is 10.3. The minimum atomic E-state index is -0.654. The van der Waals surface area contributed by atoms with Gasteiger partial charge in [0, 0.05) is 24.8 Å². The van der Waals surface area contributed by atoms with Crippen LogP contribution in [-0.4, -0.2) is 23.0 Å². The summed E-state index contributed by atoms with van der Waals surface area (Å²) in [7, 11) is 1.55. The number of amides is 1. The van der Waals surface area contributed by atoms with Crippen molar-refractivity contribution in [1.82, 2.24) is 4.90 Å². The number of nitrogens with two attached hydrogens (primary N) is 1. The van der Waals surface area contributed by atoms with E-state index < -0.39 is 11.7 Å². The second-order valence-electron chi connectivity index (χ2n) is 4.53. The molecule has 20 heavy (non-hydrogen) atoms. The molecule has 2 rings (SSSR count). The van der Waals surface area contributed by atoms with E-state index in [4.69, 9.17) is 5.73 Å². The molecule has 1 amide bonds. The number of nitrogens with zero attached hydrogens (tertiary/aromatic N) is 1. The molecular formula is C15H15FN2O2. The fourth-order valence-corrected chi connectivity index (χ4v) is 1.88. The van der Waals surface area contributed by atoms with E-state index in [0.29, 0.717) is 5.56 Å². The molecule has 0 fully saturated rings. The zero-order chi connectivity index (χ0) is 14.7. The highest BCUT2D eigenvalue weighted by atomic mass is 19.1. The Morgan fingerprint density at radius 1 is 1.30 bits per heavy atom. The van der Waals surface area contributed by atoms with Gasteiger partial charge >= 0.3 is 0 Å². The van der Waals surface area contributed by atoms with Crippen molar-refractivity contribution in [2.45, 2.75) is 6.54 Å². The summed E-state index contributed by atoms with van der Waals surface area (Å²) in [4.78, 5) is 13.5. The lowest BCUT2D eigenvalue weighted by Gasteiger charge is -2.18. The van der Waals surface area contributed by atoms with Crippen LogP contribution in [0.1, 0.15) is 15.9 Å². The molecular weight excluding hydrogens is 259 g/mol. The number of anilines is 1. The van der Waals surface area contributed by atoms with Crippen LogP contribution in [0.15, 0.2) is 42.5 Å². The van der Waals surface area contributed by atoms with Crippen LogP contribution >= 0.6 is 0 Å². The van der Waals surface area contributed by atoms with Crippen LogP contribution in [0.5, 0.6) is 5.75 Å². The van der Waals surface area contributed by atoms with Gasteiger partial charge in [-0.25, -0.2) is 4.39 Å². The van der Waals surface area contributed by atoms with Crippen molar-refractivity contribution >= 4 is 11.6 Å². The molecule has 0 saturated carbocycles. The maximum atomic E-state index is 13.7. The quantitative estimate of drug-likeness (QED) is 0.844. The van der Waals surface area contributed by atoms with Gasteiger partial charge in [-0.15, -0.1) is 0 Å². The van der Waals surface area contributed by atoms with E-state index in [9.17, 15) is 14.3 Å². The number of para-hydroxylation sites is 1. The number of aromatic hydroxyl groups is 1. The van der Waals surface area contributed by atoms with Crippen LogP contribution in [0.2, 0.25) is 0 Å². The third-order valence-electron chi connectivity index (χ3n) is 2.97. The van der Waals surface area contributed by atoms with Crippen LogP contribution in [0.25, 0.3) is 0 Å². The average Bonchev–Trinajstić information content (AvgIpc) is 2.40. The highest BCUT2D eigenvalue weighted by molar-refractivity contribution is 5.94. The van der Waals surface area contributed by atoms with Crippen LogP contribution < -0.4 is 5.73 Å². The molecule has 104 valence electrons. The van der Waals surface area contributed by atoms with Gasteiger partial charge in [-0.1, -0.05) is 18.2 Å². The highest BCUT2D eigenvalue weighted by Crippen LogP contribution is 2.19. The maximum absolute atomic E-state index is 13.7. The lowest BCUT2D eigenvalue weighted by Crippen LogP contribution is -2.27. The lowest BCUT2D eigenvalue weighted by molar-refractivity contribution is 0.0780. The minimum absolute atomic E-state index is 0.0443. The molecule has 2 aromatic rings. The molecule has 0 aliphatic heterocycles. The molecule has 0 heterocycles. The first kappa shape index (κ1) is 13.9. The maximum Gasteiger partial charge on any atom is 0.256 e. The summed E-state index contributed by atoms with van der Waals surface area (Å²) in [6, 6.07) is 10.6. The Kier molecular flexibility index (Phi) is 3.89. The number of benzene rings is 2. The first-order valence-electron chi connectivity index (χ1n) is 6.06. The second-order valence-corrected chi connectivity index (χ2v) is 4.53. The fourth-order valence-electron chi connectivity index (χ4n) is 1.88. The standard InChI is InChI=1S/C15H15FN2O2/c1-18(9-10-4-2-3-5-14(10)19)15(20)12-7-6-11(17)8-13(12)16/h2-8,19H,9,17H2,1H3. The predicted molar refractivity (Wildman–Crippen MR) is 74.7 cm³/mol. The van der Waals surface area contributed by atoms with Crippen molar-refractivity contribution in [2.24, 2.45) is 0 Å². The SMILES string of the molecule is CN(Cc1ccccc1O)C(=O)c1ccc(N)cc1F. The van der Waals surface area contributed by atoms with E-state index in [1.165, 1.54) is 23.1 Å². The number of hydrogen-bond donors (Lipinski definition) is 2. The van der Waals surface area contributed by atoms with Crippen molar-refractivity contribution in [3.8, 4) is 5.75 Å². The predicted octanol–water partition coefficient (Wildman–Crippen LogP) is 2.39. The molecule has 0 aliphatic carbocycles. The first-order chi connectivity index (χ1) is 9.49. The molecule has 0 aromatic heterocycles. The van der Waals surface area contributed by atoms with E-state index in [0.717, 1.165) is 6.07 Å². The lowest BCUT2D eigenvalue weighted by atomic mass is 10.1. The van der Waals surface area contributed by atoms with E-state index in [1.54, 1.807) is 25.2 Å². The van der Waals surface area contributed by atoms with Crippen molar-refractivity contribution in [3.63, 3.8) is 0 Å².